The molecule has 0 saturated heterocycles. The van der Waals surface area contributed by atoms with Gasteiger partial charge in [0.25, 0.3) is 5.91 Å². The molecule has 0 aliphatic carbocycles. The first-order valence-electron chi connectivity index (χ1n) is 10.1. The average molecular weight is 508 g/mol. The number of hydrogen-bond donors (Lipinski definition) is 0. The van der Waals surface area contributed by atoms with Crippen LogP contribution in [0.2, 0.25) is 0 Å². The molecule has 0 aliphatic heterocycles. The van der Waals surface area contributed by atoms with Crippen LogP contribution in [0.15, 0.2) is 71.6 Å². The summed E-state index contributed by atoms with van der Waals surface area (Å²) in [5.41, 5.74) is 0.265. The van der Waals surface area contributed by atoms with Gasteiger partial charge in [-0.15, -0.1) is 13.2 Å². The number of halogens is 2. The summed E-state index contributed by atoms with van der Waals surface area (Å²) in [6.45, 7) is 7.77. The maximum absolute atomic E-state index is 14.4. The first kappa shape index (κ1) is 25.6. The van der Waals surface area contributed by atoms with Crippen molar-refractivity contribution in [1.29, 1.82) is 0 Å². The van der Waals surface area contributed by atoms with Gasteiger partial charge < -0.3 is 9.30 Å². The molecule has 3 rings (SSSR count). The van der Waals surface area contributed by atoms with E-state index in [0.29, 0.717) is 4.70 Å². The highest BCUT2D eigenvalue weighted by molar-refractivity contribution is 7.89. The Morgan fingerprint density at radius 2 is 1.82 bits per heavy atom. The number of thiazole rings is 1. The molecular formula is C23H23F2N3O4S2. The van der Waals surface area contributed by atoms with Crippen LogP contribution in [-0.4, -0.2) is 50.0 Å². The monoisotopic (exact) mass is 507 g/mol. The smallest absolute Gasteiger partial charge is 0.279 e. The van der Waals surface area contributed by atoms with Crippen molar-refractivity contribution in [2.24, 2.45) is 4.99 Å². The van der Waals surface area contributed by atoms with Crippen LogP contribution >= 0.6 is 11.3 Å². The van der Waals surface area contributed by atoms with Gasteiger partial charge >= 0.3 is 0 Å². The number of sulfonamides is 1. The van der Waals surface area contributed by atoms with Crippen molar-refractivity contribution in [3.8, 4) is 0 Å². The van der Waals surface area contributed by atoms with Crippen molar-refractivity contribution in [3.05, 3.63) is 83.7 Å². The van der Waals surface area contributed by atoms with Crippen LogP contribution in [0.4, 0.5) is 8.78 Å². The number of nitrogens with zero attached hydrogens (tertiary/aromatic N) is 3. The Morgan fingerprint density at radius 3 is 2.41 bits per heavy atom. The molecule has 7 nitrogen and oxygen atoms in total. The highest BCUT2D eigenvalue weighted by atomic mass is 32.2. The number of benzene rings is 2. The largest absolute Gasteiger partial charge is 0.383 e. The van der Waals surface area contributed by atoms with E-state index in [0.717, 1.165) is 17.4 Å². The van der Waals surface area contributed by atoms with Crippen LogP contribution in [0.1, 0.15) is 10.4 Å². The van der Waals surface area contributed by atoms with Gasteiger partial charge in [-0.25, -0.2) is 17.2 Å². The minimum atomic E-state index is -3.81. The van der Waals surface area contributed by atoms with E-state index in [-0.39, 0.29) is 47.0 Å². The molecule has 0 spiro atoms. The fourth-order valence-corrected chi connectivity index (χ4v) is 5.71. The molecule has 34 heavy (non-hydrogen) atoms. The number of ether oxygens (including phenoxy) is 1. The van der Waals surface area contributed by atoms with E-state index in [1.807, 2.05) is 0 Å². The number of amides is 1. The SMILES string of the molecule is C=CCN(CC=C)S(=O)(=O)c1ccc(C(=O)N=c2sc3cc(F)cc(F)c3n2CCOC)cc1. The second kappa shape index (κ2) is 11.0. The molecule has 0 aliphatic rings. The Kier molecular flexibility index (Phi) is 8.26. The fraction of sp³-hybridized carbons (Fsp3) is 0.217. The van der Waals surface area contributed by atoms with Crippen LogP contribution in [0.3, 0.4) is 0 Å². The molecule has 0 atom stereocenters. The summed E-state index contributed by atoms with van der Waals surface area (Å²) in [6.07, 6.45) is 2.94. The van der Waals surface area contributed by atoms with Crippen LogP contribution < -0.4 is 4.80 Å². The van der Waals surface area contributed by atoms with E-state index in [9.17, 15) is 22.0 Å². The Balaban J connectivity index is 1.99. The molecule has 1 amide bonds. The quantitative estimate of drug-likeness (QED) is 0.392. The van der Waals surface area contributed by atoms with Gasteiger partial charge in [0.1, 0.15) is 5.82 Å². The molecular weight excluding hydrogens is 484 g/mol. The number of methoxy groups -OCH3 is 1. The molecule has 0 unspecified atom stereocenters. The third-order valence-electron chi connectivity index (χ3n) is 4.82. The minimum absolute atomic E-state index is 0.00215. The number of fused-ring (bicyclic) bond motifs is 1. The summed E-state index contributed by atoms with van der Waals surface area (Å²) in [6, 6.07) is 7.28. The predicted octanol–water partition coefficient (Wildman–Crippen LogP) is 3.73. The van der Waals surface area contributed by atoms with Crippen LogP contribution in [-0.2, 0) is 21.3 Å². The zero-order valence-corrected chi connectivity index (χ0v) is 20.0. The number of carbonyl (C=O) groups is 1. The molecule has 1 aromatic heterocycles. The summed E-state index contributed by atoms with van der Waals surface area (Å²) in [4.78, 5) is 17.1. The van der Waals surface area contributed by atoms with Crippen LogP contribution in [0, 0.1) is 11.6 Å². The number of rotatable bonds is 10. The Hall–Kier alpha value is -2.99. The van der Waals surface area contributed by atoms with Crippen LogP contribution in [0.5, 0.6) is 0 Å². The predicted molar refractivity (Wildman–Crippen MR) is 127 cm³/mol. The van der Waals surface area contributed by atoms with Gasteiger partial charge in [-0.1, -0.05) is 23.5 Å². The molecule has 0 saturated carbocycles. The lowest BCUT2D eigenvalue weighted by molar-refractivity contribution is 0.0997. The third-order valence-corrected chi connectivity index (χ3v) is 7.69. The van der Waals surface area contributed by atoms with Gasteiger partial charge in [-0.3, -0.25) is 4.79 Å². The van der Waals surface area contributed by atoms with E-state index >= 15 is 0 Å². The third kappa shape index (κ3) is 5.39. The maximum Gasteiger partial charge on any atom is 0.279 e. The van der Waals surface area contributed by atoms with E-state index in [4.69, 9.17) is 4.74 Å². The highest BCUT2D eigenvalue weighted by Gasteiger charge is 2.22. The summed E-state index contributed by atoms with van der Waals surface area (Å²) < 4.78 is 61.8. The number of aromatic nitrogens is 1. The van der Waals surface area contributed by atoms with Crippen molar-refractivity contribution < 1.29 is 26.7 Å². The Labute approximate surface area is 200 Å². The van der Waals surface area contributed by atoms with Crippen molar-refractivity contribution in [2.45, 2.75) is 11.4 Å². The number of carbonyl (C=O) groups excluding carboxylic acids is 1. The molecule has 3 aromatic rings. The summed E-state index contributed by atoms with van der Waals surface area (Å²) in [7, 11) is -2.33. The van der Waals surface area contributed by atoms with Gasteiger partial charge in [0.2, 0.25) is 10.0 Å². The van der Waals surface area contributed by atoms with E-state index in [1.54, 1.807) is 0 Å². The summed E-state index contributed by atoms with van der Waals surface area (Å²) >= 11 is 0.966. The van der Waals surface area contributed by atoms with E-state index in [2.05, 4.69) is 18.2 Å². The molecule has 1 heterocycles. The van der Waals surface area contributed by atoms with Gasteiger partial charge in [-0.2, -0.15) is 9.30 Å². The minimum Gasteiger partial charge on any atom is -0.383 e. The molecule has 0 fully saturated rings. The maximum atomic E-state index is 14.4. The van der Waals surface area contributed by atoms with Gasteiger partial charge in [0, 0.05) is 38.4 Å². The zero-order valence-electron chi connectivity index (χ0n) is 18.4. The summed E-state index contributed by atoms with van der Waals surface area (Å²) in [5.74, 6) is -2.16. The Morgan fingerprint density at radius 1 is 1.18 bits per heavy atom. The lowest BCUT2D eigenvalue weighted by atomic mass is 10.2. The standard InChI is InChI=1S/C23H23F2N3O4S2/c1-4-10-27(11-5-2)34(30,31)18-8-6-16(7-9-18)22(29)26-23-28(12-13-32-3)21-19(25)14-17(24)15-20(21)33-23/h4-9,14-15H,1-2,10-13H2,3H3. The summed E-state index contributed by atoms with van der Waals surface area (Å²) in [5, 5.41) is 0. The first-order chi connectivity index (χ1) is 16.2. The first-order valence-corrected chi connectivity index (χ1v) is 12.4. The second-order valence-electron chi connectivity index (χ2n) is 7.10. The van der Waals surface area contributed by atoms with Crippen molar-refractivity contribution in [2.75, 3.05) is 26.8 Å². The lowest BCUT2D eigenvalue weighted by Crippen LogP contribution is -2.31. The van der Waals surface area contributed by atoms with E-state index in [1.165, 1.54) is 58.5 Å². The molecule has 0 N–H and O–H groups in total. The second-order valence-corrected chi connectivity index (χ2v) is 10.1. The Bertz CT molecular complexity index is 1380. The zero-order chi connectivity index (χ0) is 24.9. The highest BCUT2D eigenvalue weighted by Crippen LogP contribution is 2.23. The molecule has 180 valence electrons. The molecule has 2 aromatic carbocycles. The van der Waals surface area contributed by atoms with Gasteiger partial charge in [0.05, 0.1) is 21.7 Å². The van der Waals surface area contributed by atoms with Crippen molar-refractivity contribution in [1.82, 2.24) is 8.87 Å². The molecule has 0 radical (unpaired) electrons. The van der Waals surface area contributed by atoms with E-state index < -0.39 is 27.6 Å². The van der Waals surface area contributed by atoms with Crippen molar-refractivity contribution >= 4 is 37.5 Å². The molecule has 0 bridgehead atoms. The molecule has 11 heteroatoms. The van der Waals surface area contributed by atoms with Crippen LogP contribution in [0.25, 0.3) is 10.2 Å². The number of hydrogen-bond acceptors (Lipinski definition) is 5. The van der Waals surface area contributed by atoms with Gasteiger partial charge in [-0.05, 0) is 30.3 Å². The fourth-order valence-electron chi connectivity index (χ4n) is 3.23. The normalized spacial score (nSPS) is 12.4. The van der Waals surface area contributed by atoms with Gasteiger partial charge in [0.15, 0.2) is 10.6 Å². The average Bonchev–Trinajstić information content (AvgIpc) is 3.14. The van der Waals surface area contributed by atoms with Crippen molar-refractivity contribution in [3.63, 3.8) is 0 Å². The lowest BCUT2D eigenvalue weighted by Gasteiger charge is -2.19. The topological polar surface area (TPSA) is 81.0 Å².